The first-order chi connectivity index (χ1) is 10.7. The van der Waals surface area contributed by atoms with Crippen LogP contribution in [0, 0.1) is 5.41 Å². The first-order valence-electron chi connectivity index (χ1n) is 7.50. The van der Waals surface area contributed by atoms with Gasteiger partial charge < -0.3 is 16.2 Å². The number of benzene rings is 1. The number of halogens is 4. The van der Waals surface area contributed by atoms with Crippen LogP contribution in [0.25, 0.3) is 0 Å². The van der Waals surface area contributed by atoms with E-state index in [9.17, 15) is 23.1 Å². The van der Waals surface area contributed by atoms with Gasteiger partial charge in [0.1, 0.15) is 0 Å². The molecule has 138 valence electrons. The second-order valence-corrected chi connectivity index (χ2v) is 5.60. The number of amides is 1. The summed E-state index contributed by atoms with van der Waals surface area (Å²) in [6.45, 7) is 2.58. The van der Waals surface area contributed by atoms with Crippen molar-refractivity contribution in [3.8, 4) is 0 Å². The lowest BCUT2D eigenvalue weighted by atomic mass is 9.81. The van der Waals surface area contributed by atoms with Crippen molar-refractivity contribution in [1.29, 1.82) is 0 Å². The molecule has 0 aliphatic carbocycles. The molecular formula is C16H24ClF3N2O2. The Kier molecular flexibility index (Phi) is 8.21. The zero-order valence-corrected chi connectivity index (χ0v) is 14.5. The van der Waals surface area contributed by atoms with Gasteiger partial charge in [-0.15, -0.1) is 12.4 Å². The molecule has 0 bridgehead atoms. The largest absolute Gasteiger partial charge is 0.423 e. The van der Waals surface area contributed by atoms with Crippen LogP contribution in [0.4, 0.5) is 13.2 Å². The molecule has 0 heterocycles. The Morgan fingerprint density at radius 2 is 1.67 bits per heavy atom. The van der Waals surface area contributed by atoms with Crippen LogP contribution in [0.5, 0.6) is 0 Å². The number of hydrogen-bond donors (Lipinski definition) is 3. The van der Waals surface area contributed by atoms with Gasteiger partial charge in [0.2, 0.25) is 11.5 Å². The molecule has 8 heteroatoms. The Bertz CT molecular complexity index is 514. The molecule has 1 rings (SSSR count). The highest BCUT2D eigenvalue weighted by molar-refractivity contribution is 5.85. The molecule has 1 amide bonds. The number of hydrogen-bond acceptors (Lipinski definition) is 3. The lowest BCUT2D eigenvalue weighted by Gasteiger charge is -2.34. The van der Waals surface area contributed by atoms with Crippen molar-refractivity contribution in [1.82, 2.24) is 5.32 Å². The van der Waals surface area contributed by atoms with E-state index in [4.69, 9.17) is 5.73 Å². The summed E-state index contributed by atoms with van der Waals surface area (Å²) in [4.78, 5) is 12.3. The summed E-state index contributed by atoms with van der Waals surface area (Å²) in [5, 5.41) is 12.4. The van der Waals surface area contributed by atoms with Crippen LogP contribution in [0.1, 0.15) is 32.3 Å². The van der Waals surface area contributed by atoms with E-state index in [2.05, 4.69) is 5.32 Å². The molecule has 1 atom stereocenters. The van der Waals surface area contributed by atoms with E-state index in [1.54, 1.807) is 19.9 Å². The SMILES string of the molecule is CCC(CC)(CN)C(=O)NCC(O)(c1ccccc1)C(F)(F)F.Cl. The minimum Gasteiger partial charge on any atom is -0.375 e. The second kappa shape index (κ2) is 8.69. The zero-order valence-electron chi connectivity index (χ0n) is 13.7. The summed E-state index contributed by atoms with van der Waals surface area (Å²) in [5.41, 5.74) is 1.23. The van der Waals surface area contributed by atoms with Gasteiger partial charge in [0.05, 0.1) is 12.0 Å². The summed E-state index contributed by atoms with van der Waals surface area (Å²) in [6, 6.07) is 6.70. The van der Waals surface area contributed by atoms with Crippen molar-refractivity contribution in [3.05, 3.63) is 35.9 Å². The van der Waals surface area contributed by atoms with Gasteiger partial charge in [-0.1, -0.05) is 44.2 Å². The number of nitrogens with two attached hydrogens (primary N) is 1. The molecule has 0 radical (unpaired) electrons. The second-order valence-electron chi connectivity index (χ2n) is 5.60. The van der Waals surface area contributed by atoms with E-state index in [1.165, 1.54) is 24.3 Å². The molecule has 0 spiro atoms. The molecule has 0 aliphatic heterocycles. The van der Waals surface area contributed by atoms with E-state index >= 15 is 0 Å². The van der Waals surface area contributed by atoms with Gasteiger partial charge in [-0.3, -0.25) is 4.79 Å². The molecule has 24 heavy (non-hydrogen) atoms. The van der Waals surface area contributed by atoms with E-state index in [0.29, 0.717) is 12.8 Å². The third-order valence-corrected chi connectivity index (χ3v) is 4.45. The van der Waals surface area contributed by atoms with Gasteiger partial charge in [0.15, 0.2) is 0 Å². The average Bonchev–Trinajstić information content (AvgIpc) is 2.54. The van der Waals surface area contributed by atoms with Crippen LogP contribution in [0.3, 0.4) is 0 Å². The molecule has 1 unspecified atom stereocenters. The minimum atomic E-state index is -4.93. The molecule has 0 aromatic heterocycles. The van der Waals surface area contributed by atoms with Crippen LogP contribution >= 0.6 is 12.4 Å². The number of aliphatic hydroxyl groups is 1. The fraction of sp³-hybridized carbons (Fsp3) is 0.562. The summed E-state index contributed by atoms with van der Waals surface area (Å²) in [7, 11) is 0. The number of alkyl halides is 3. The quantitative estimate of drug-likeness (QED) is 0.692. The Morgan fingerprint density at radius 3 is 2.04 bits per heavy atom. The predicted molar refractivity (Wildman–Crippen MR) is 88.7 cm³/mol. The first-order valence-corrected chi connectivity index (χ1v) is 7.50. The Hall–Kier alpha value is -1.31. The number of rotatable bonds is 7. The van der Waals surface area contributed by atoms with E-state index in [1.807, 2.05) is 0 Å². The lowest BCUT2D eigenvalue weighted by molar-refractivity contribution is -0.264. The average molecular weight is 369 g/mol. The molecular weight excluding hydrogens is 345 g/mol. The van der Waals surface area contributed by atoms with Crippen LogP contribution < -0.4 is 11.1 Å². The maximum atomic E-state index is 13.4. The maximum Gasteiger partial charge on any atom is 0.423 e. The van der Waals surface area contributed by atoms with E-state index < -0.39 is 29.6 Å². The fourth-order valence-corrected chi connectivity index (χ4v) is 2.43. The van der Waals surface area contributed by atoms with Gasteiger partial charge in [0, 0.05) is 6.54 Å². The summed E-state index contributed by atoms with van der Waals surface area (Å²) < 4.78 is 40.1. The van der Waals surface area contributed by atoms with Gasteiger partial charge in [0.25, 0.3) is 0 Å². The van der Waals surface area contributed by atoms with E-state index in [-0.39, 0.29) is 24.5 Å². The molecule has 4 nitrogen and oxygen atoms in total. The molecule has 1 aromatic rings. The van der Waals surface area contributed by atoms with Crippen molar-refractivity contribution in [3.63, 3.8) is 0 Å². The third-order valence-electron chi connectivity index (χ3n) is 4.45. The molecule has 4 N–H and O–H groups in total. The number of nitrogens with one attached hydrogen (secondary N) is 1. The molecule has 0 aliphatic rings. The Labute approximate surface area is 146 Å². The highest BCUT2D eigenvalue weighted by Gasteiger charge is 2.55. The van der Waals surface area contributed by atoms with Crippen LogP contribution in [0.2, 0.25) is 0 Å². The summed E-state index contributed by atoms with van der Waals surface area (Å²) >= 11 is 0. The number of carbonyl (C=O) groups excluding carboxylic acids is 1. The highest BCUT2D eigenvalue weighted by atomic mass is 35.5. The summed E-state index contributed by atoms with van der Waals surface area (Å²) in [5.74, 6) is -0.580. The van der Waals surface area contributed by atoms with Crippen LogP contribution in [0.15, 0.2) is 30.3 Å². The predicted octanol–water partition coefficient (Wildman–Crippen LogP) is 2.74. The minimum absolute atomic E-state index is 0. The topological polar surface area (TPSA) is 75.4 Å². The lowest BCUT2D eigenvalue weighted by Crippen LogP contribution is -2.54. The molecule has 0 saturated heterocycles. The van der Waals surface area contributed by atoms with Crippen molar-refractivity contribution >= 4 is 18.3 Å². The first kappa shape index (κ1) is 22.7. The number of carbonyl (C=O) groups is 1. The van der Waals surface area contributed by atoms with E-state index in [0.717, 1.165) is 0 Å². The third kappa shape index (κ3) is 4.40. The molecule has 1 aromatic carbocycles. The summed E-state index contributed by atoms with van der Waals surface area (Å²) in [6.07, 6.45) is -4.12. The van der Waals surface area contributed by atoms with Gasteiger partial charge in [-0.25, -0.2) is 0 Å². The zero-order chi connectivity index (χ0) is 17.7. The van der Waals surface area contributed by atoms with Crippen molar-refractivity contribution in [2.45, 2.75) is 38.5 Å². The fourth-order valence-electron chi connectivity index (χ4n) is 2.43. The normalized spacial score (nSPS) is 14.5. The smallest absolute Gasteiger partial charge is 0.375 e. The van der Waals surface area contributed by atoms with Gasteiger partial charge in [-0.05, 0) is 18.4 Å². The van der Waals surface area contributed by atoms with Crippen molar-refractivity contribution < 1.29 is 23.1 Å². The molecule has 0 fully saturated rings. The van der Waals surface area contributed by atoms with Gasteiger partial charge >= 0.3 is 6.18 Å². The van der Waals surface area contributed by atoms with Crippen molar-refractivity contribution in [2.24, 2.45) is 11.1 Å². The maximum absolute atomic E-state index is 13.4. The monoisotopic (exact) mass is 368 g/mol. The Balaban J connectivity index is 0.00000529. The van der Waals surface area contributed by atoms with Crippen molar-refractivity contribution in [2.75, 3.05) is 13.1 Å². The van der Waals surface area contributed by atoms with Gasteiger partial charge in [-0.2, -0.15) is 13.2 Å². The standard InChI is InChI=1S/C16H23F3N2O2.ClH/c1-3-14(4-2,10-20)13(22)21-11-15(23,16(17,18)19)12-8-6-5-7-9-12;/h5-9,23H,3-4,10-11,20H2,1-2H3,(H,21,22);1H. The molecule has 0 saturated carbocycles. The van der Waals surface area contributed by atoms with Crippen LogP contribution in [-0.4, -0.2) is 30.3 Å². The highest BCUT2D eigenvalue weighted by Crippen LogP contribution is 2.38. The Morgan fingerprint density at radius 1 is 1.17 bits per heavy atom. The van der Waals surface area contributed by atoms with Crippen LogP contribution in [-0.2, 0) is 10.4 Å².